The minimum Gasteiger partial charge on any atom is -0.397 e. The van der Waals surface area contributed by atoms with Gasteiger partial charge in [0.15, 0.2) is 9.84 Å². The van der Waals surface area contributed by atoms with E-state index in [-0.39, 0.29) is 0 Å². The predicted molar refractivity (Wildman–Crippen MR) is 73.6 cm³/mol. The molecule has 2 N–H and O–H groups in total. The molecule has 0 radical (unpaired) electrons. The molecule has 0 fully saturated rings. The average molecular weight is 291 g/mol. The summed E-state index contributed by atoms with van der Waals surface area (Å²) < 4.78 is 22.7. The number of sulfone groups is 1. The molecule has 18 heavy (non-hydrogen) atoms. The molecule has 0 saturated heterocycles. The summed E-state index contributed by atoms with van der Waals surface area (Å²) in [7, 11) is -1.98. The van der Waals surface area contributed by atoms with E-state index in [4.69, 9.17) is 17.3 Å². The summed E-state index contributed by atoms with van der Waals surface area (Å²) in [5.41, 5.74) is 6.48. The van der Waals surface area contributed by atoms with Gasteiger partial charge >= 0.3 is 0 Å². The SMILES string of the molecule is CC(C(=O)N(C)c1cc(Cl)ccc1N)S(C)(=O)=O. The molecule has 1 atom stereocenters. The number of amides is 1. The number of halogens is 1. The smallest absolute Gasteiger partial charge is 0.244 e. The molecule has 0 saturated carbocycles. The van der Waals surface area contributed by atoms with Crippen LogP contribution in [0.2, 0.25) is 5.02 Å². The van der Waals surface area contributed by atoms with Gasteiger partial charge in [-0.25, -0.2) is 8.42 Å². The van der Waals surface area contributed by atoms with Crippen molar-refractivity contribution in [2.45, 2.75) is 12.2 Å². The molecule has 0 spiro atoms. The van der Waals surface area contributed by atoms with Crippen LogP contribution in [0, 0.1) is 0 Å². The van der Waals surface area contributed by atoms with Gasteiger partial charge in [0, 0.05) is 18.3 Å². The molecule has 1 aromatic carbocycles. The van der Waals surface area contributed by atoms with Gasteiger partial charge in [0.25, 0.3) is 0 Å². The first-order chi connectivity index (χ1) is 8.14. The quantitative estimate of drug-likeness (QED) is 0.851. The first-order valence-electron chi connectivity index (χ1n) is 5.16. The summed E-state index contributed by atoms with van der Waals surface area (Å²) in [5.74, 6) is -0.550. The summed E-state index contributed by atoms with van der Waals surface area (Å²) >= 11 is 5.82. The lowest BCUT2D eigenvalue weighted by molar-refractivity contribution is -0.117. The van der Waals surface area contributed by atoms with Gasteiger partial charge in [-0.3, -0.25) is 4.79 Å². The number of nitrogen functional groups attached to an aromatic ring is 1. The standard InChI is InChI=1S/C11H15ClN2O3S/c1-7(18(3,16)17)11(15)14(2)10-6-8(12)4-5-9(10)13/h4-7H,13H2,1-3H3. The molecule has 1 unspecified atom stereocenters. The van der Waals surface area contributed by atoms with Gasteiger partial charge in [-0.05, 0) is 25.1 Å². The highest BCUT2D eigenvalue weighted by Crippen LogP contribution is 2.26. The van der Waals surface area contributed by atoms with Crippen LogP contribution in [-0.4, -0.2) is 32.9 Å². The molecule has 0 aliphatic rings. The number of hydrogen-bond acceptors (Lipinski definition) is 4. The van der Waals surface area contributed by atoms with Crippen molar-refractivity contribution >= 4 is 38.7 Å². The third-order valence-electron chi connectivity index (χ3n) is 2.67. The Kier molecular flexibility index (Phi) is 4.24. The van der Waals surface area contributed by atoms with Crippen LogP contribution in [0.15, 0.2) is 18.2 Å². The maximum Gasteiger partial charge on any atom is 0.244 e. The fraction of sp³-hybridized carbons (Fsp3) is 0.364. The van der Waals surface area contributed by atoms with Crippen LogP contribution < -0.4 is 10.6 Å². The lowest BCUT2D eigenvalue weighted by atomic mass is 10.2. The van der Waals surface area contributed by atoms with E-state index in [0.29, 0.717) is 16.4 Å². The number of carbonyl (C=O) groups excluding carboxylic acids is 1. The second-order valence-corrected chi connectivity index (χ2v) is 6.87. The van der Waals surface area contributed by atoms with E-state index in [0.717, 1.165) is 6.26 Å². The molecule has 100 valence electrons. The molecule has 1 rings (SSSR count). The molecule has 0 aromatic heterocycles. The Bertz CT molecular complexity index is 572. The van der Waals surface area contributed by atoms with Crippen LogP contribution >= 0.6 is 11.6 Å². The van der Waals surface area contributed by atoms with Gasteiger partial charge in [0.2, 0.25) is 5.91 Å². The monoisotopic (exact) mass is 290 g/mol. The van der Waals surface area contributed by atoms with E-state index in [1.54, 1.807) is 12.1 Å². The number of nitrogens with two attached hydrogens (primary N) is 1. The molecule has 0 aliphatic heterocycles. The molecule has 0 bridgehead atoms. The van der Waals surface area contributed by atoms with Gasteiger partial charge in [-0.2, -0.15) is 0 Å². The van der Waals surface area contributed by atoms with Crippen molar-refractivity contribution in [2.75, 3.05) is 23.9 Å². The molecular weight excluding hydrogens is 276 g/mol. The zero-order valence-corrected chi connectivity index (χ0v) is 11.9. The average Bonchev–Trinajstić information content (AvgIpc) is 2.28. The molecule has 0 aliphatic carbocycles. The van der Waals surface area contributed by atoms with Gasteiger partial charge in [0.05, 0.1) is 11.4 Å². The zero-order chi connectivity index (χ0) is 14.1. The Morgan fingerprint density at radius 2 is 2.00 bits per heavy atom. The van der Waals surface area contributed by atoms with Gasteiger partial charge < -0.3 is 10.6 Å². The Morgan fingerprint density at radius 3 is 2.50 bits per heavy atom. The van der Waals surface area contributed by atoms with Crippen LogP contribution in [0.3, 0.4) is 0 Å². The van der Waals surface area contributed by atoms with E-state index < -0.39 is 21.0 Å². The minimum absolute atomic E-state index is 0.357. The highest BCUT2D eigenvalue weighted by Gasteiger charge is 2.27. The summed E-state index contributed by atoms with van der Waals surface area (Å²) in [6, 6.07) is 4.68. The van der Waals surface area contributed by atoms with E-state index >= 15 is 0 Å². The van der Waals surface area contributed by atoms with E-state index in [9.17, 15) is 13.2 Å². The largest absolute Gasteiger partial charge is 0.397 e. The van der Waals surface area contributed by atoms with E-state index in [1.165, 1.54) is 24.9 Å². The molecule has 5 nitrogen and oxygen atoms in total. The predicted octanol–water partition coefficient (Wildman–Crippen LogP) is 1.32. The Labute approximate surface area is 111 Å². The van der Waals surface area contributed by atoms with E-state index in [2.05, 4.69) is 0 Å². The fourth-order valence-electron chi connectivity index (χ4n) is 1.38. The van der Waals surface area contributed by atoms with Crippen molar-refractivity contribution in [3.8, 4) is 0 Å². The number of benzene rings is 1. The van der Waals surface area contributed by atoms with Crippen LogP contribution in [-0.2, 0) is 14.6 Å². The highest BCUT2D eigenvalue weighted by atomic mass is 35.5. The lowest BCUT2D eigenvalue weighted by Gasteiger charge is -2.22. The first-order valence-corrected chi connectivity index (χ1v) is 7.49. The summed E-state index contributed by atoms with van der Waals surface area (Å²) in [6.45, 7) is 1.34. The van der Waals surface area contributed by atoms with Crippen molar-refractivity contribution < 1.29 is 13.2 Å². The summed E-state index contributed by atoms with van der Waals surface area (Å²) in [4.78, 5) is 13.2. The van der Waals surface area contributed by atoms with Gasteiger partial charge in [0.1, 0.15) is 5.25 Å². The number of anilines is 2. The number of rotatable bonds is 3. The van der Waals surface area contributed by atoms with Gasteiger partial charge in [-0.1, -0.05) is 11.6 Å². The highest BCUT2D eigenvalue weighted by molar-refractivity contribution is 7.92. The molecule has 1 amide bonds. The Balaban J connectivity index is 3.11. The van der Waals surface area contributed by atoms with E-state index in [1.807, 2.05) is 0 Å². The fourth-order valence-corrected chi connectivity index (χ4v) is 2.07. The van der Waals surface area contributed by atoms with Gasteiger partial charge in [-0.15, -0.1) is 0 Å². The molecular formula is C11H15ClN2O3S. The normalized spacial score (nSPS) is 13.1. The molecule has 1 aromatic rings. The second kappa shape index (κ2) is 5.16. The topological polar surface area (TPSA) is 80.5 Å². The third-order valence-corrected chi connectivity index (χ3v) is 4.40. The molecule has 0 heterocycles. The maximum absolute atomic E-state index is 12.0. The first kappa shape index (κ1) is 14.8. The van der Waals surface area contributed by atoms with Crippen LogP contribution in [0.25, 0.3) is 0 Å². The van der Waals surface area contributed by atoms with Crippen LogP contribution in [0.1, 0.15) is 6.92 Å². The number of carbonyl (C=O) groups is 1. The Hall–Kier alpha value is -1.27. The van der Waals surface area contributed by atoms with Crippen molar-refractivity contribution in [3.05, 3.63) is 23.2 Å². The zero-order valence-electron chi connectivity index (χ0n) is 10.3. The second-order valence-electron chi connectivity index (χ2n) is 4.07. The minimum atomic E-state index is -3.44. The van der Waals surface area contributed by atoms with Crippen molar-refractivity contribution in [1.29, 1.82) is 0 Å². The van der Waals surface area contributed by atoms with Crippen LogP contribution in [0.5, 0.6) is 0 Å². The van der Waals surface area contributed by atoms with Crippen LogP contribution in [0.4, 0.5) is 11.4 Å². The third kappa shape index (κ3) is 3.14. The lowest BCUT2D eigenvalue weighted by Crippen LogP contribution is -2.39. The van der Waals surface area contributed by atoms with Crippen molar-refractivity contribution in [1.82, 2.24) is 0 Å². The summed E-state index contributed by atoms with van der Waals surface area (Å²) in [6.07, 6.45) is 1.02. The maximum atomic E-state index is 12.0. The Morgan fingerprint density at radius 1 is 1.44 bits per heavy atom. The van der Waals surface area contributed by atoms with Crippen molar-refractivity contribution in [2.24, 2.45) is 0 Å². The number of nitrogens with zero attached hydrogens (tertiary/aromatic N) is 1. The molecule has 7 heteroatoms. The summed E-state index contributed by atoms with van der Waals surface area (Å²) in [5, 5.41) is -0.702. The number of hydrogen-bond donors (Lipinski definition) is 1. The van der Waals surface area contributed by atoms with Crippen molar-refractivity contribution in [3.63, 3.8) is 0 Å².